The molecule has 0 atom stereocenters. The second kappa shape index (κ2) is 6.76. The molecule has 0 spiro atoms. The van der Waals surface area contributed by atoms with E-state index in [4.69, 9.17) is 9.47 Å². The van der Waals surface area contributed by atoms with Crippen molar-refractivity contribution in [3.63, 3.8) is 0 Å². The highest BCUT2D eigenvalue weighted by Crippen LogP contribution is 2.23. The number of halogens is 1. The van der Waals surface area contributed by atoms with E-state index < -0.39 is 0 Å². The Kier molecular flexibility index (Phi) is 4.35. The van der Waals surface area contributed by atoms with Crippen molar-refractivity contribution in [2.24, 2.45) is 0 Å². The maximum atomic E-state index is 12.8. The third-order valence-corrected chi connectivity index (χ3v) is 3.12. The van der Waals surface area contributed by atoms with Crippen molar-refractivity contribution < 1.29 is 13.9 Å². The predicted molar refractivity (Wildman–Crippen MR) is 83.7 cm³/mol. The van der Waals surface area contributed by atoms with Gasteiger partial charge in [0.15, 0.2) is 0 Å². The summed E-state index contributed by atoms with van der Waals surface area (Å²) in [5.41, 5.74) is 0.922. The van der Waals surface area contributed by atoms with Gasteiger partial charge < -0.3 is 9.47 Å². The lowest BCUT2D eigenvalue weighted by Gasteiger charge is -2.08. The molecule has 2 nitrogen and oxygen atoms in total. The smallest absolute Gasteiger partial charge is 0.127 e. The summed E-state index contributed by atoms with van der Waals surface area (Å²) in [5, 5.41) is 0. The molecule has 22 heavy (non-hydrogen) atoms. The largest absolute Gasteiger partial charge is 0.489 e. The van der Waals surface area contributed by atoms with E-state index in [-0.39, 0.29) is 5.82 Å². The number of ether oxygens (including phenoxy) is 2. The van der Waals surface area contributed by atoms with Gasteiger partial charge in [0.2, 0.25) is 0 Å². The van der Waals surface area contributed by atoms with Gasteiger partial charge in [-0.2, -0.15) is 0 Å². The molecule has 0 aliphatic rings. The van der Waals surface area contributed by atoms with Crippen LogP contribution in [0.1, 0.15) is 5.56 Å². The first-order valence-electron chi connectivity index (χ1n) is 7.00. The summed E-state index contributed by atoms with van der Waals surface area (Å²) in [6.45, 7) is 0.402. The van der Waals surface area contributed by atoms with Crippen LogP contribution in [0.4, 0.5) is 4.39 Å². The van der Waals surface area contributed by atoms with Crippen LogP contribution in [0.2, 0.25) is 0 Å². The quantitative estimate of drug-likeness (QED) is 0.644. The monoisotopic (exact) mass is 294 g/mol. The lowest BCUT2D eigenvalue weighted by molar-refractivity contribution is 0.305. The number of para-hydroxylation sites is 1. The maximum absolute atomic E-state index is 12.8. The van der Waals surface area contributed by atoms with Crippen molar-refractivity contribution in [2.45, 2.75) is 6.61 Å². The van der Waals surface area contributed by atoms with Crippen molar-refractivity contribution >= 4 is 0 Å². The van der Waals surface area contributed by atoms with Crippen LogP contribution >= 0.6 is 0 Å². The summed E-state index contributed by atoms with van der Waals surface area (Å²) in [6.07, 6.45) is 0. The van der Waals surface area contributed by atoms with E-state index in [1.54, 1.807) is 12.1 Å². The second-order valence-corrected chi connectivity index (χ2v) is 4.80. The molecule has 3 aromatic carbocycles. The molecule has 0 bridgehead atoms. The van der Waals surface area contributed by atoms with Crippen LogP contribution in [0.3, 0.4) is 0 Å². The van der Waals surface area contributed by atoms with Crippen LogP contribution in [-0.2, 0) is 6.61 Å². The number of benzene rings is 3. The minimum Gasteiger partial charge on any atom is -0.489 e. The first-order chi connectivity index (χ1) is 10.8. The molecule has 0 radical (unpaired) electrons. The fourth-order valence-corrected chi connectivity index (χ4v) is 1.98. The molecule has 0 N–H and O–H groups in total. The molecule has 3 heteroatoms. The molecule has 0 saturated heterocycles. The summed E-state index contributed by atoms with van der Waals surface area (Å²) in [7, 11) is 0. The third-order valence-electron chi connectivity index (χ3n) is 3.12. The molecule has 110 valence electrons. The molecule has 0 heterocycles. The van der Waals surface area contributed by atoms with Crippen LogP contribution in [0.15, 0.2) is 78.9 Å². The molecular formula is C19H15FO2. The van der Waals surface area contributed by atoms with E-state index >= 15 is 0 Å². The van der Waals surface area contributed by atoms with Gasteiger partial charge in [-0.15, -0.1) is 0 Å². The van der Waals surface area contributed by atoms with Gasteiger partial charge in [0.05, 0.1) is 0 Å². The molecule has 0 aliphatic carbocycles. The van der Waals surface area contributed by atoms with Gasteiger partial charge in [0.25, 0.3) is 0 Å². The Morgan fingerprint density at radius 1 is 0.636 bits per heavy atom. The van der Waals surface area contributed by atoms with Crippen molar-refractivity contribution in [2.75, 3.05) is 0 Å². The Hall–Kier alpha value is -2.81. The maximum Gasteiger partial charge on any atom is 0.127 e. The molecule has 3 rings (SSSR count). The normalized spacial score (nSPS) is 10.2. The topological polar surface area (TPSA) is 18.5 Å². The Morgan fingerprint density at radius 2 is 1.23 bits per heavy atom. The van der Waals surface area contributed by atoms with E-state index in [1.807, 2.05) is 54.6 Å². The highest BCUT2D eigenvalue weighted by molar-refractivity contribution is 5.35. The minimum absolute atomic E-state index is 0.244. The fourth-order valence-electron chi connectivity index (χ4n) is 1.98. The zero-order valence-corrected chi connectivity index (χ0v) is 11.9. The minimum atomic E-state index is -0.244. The van der Waals surface area contributed by atoms with Crippen LogP contribution in [0.5, 0.6) is 17.2 Å². The number of hydrogen-bond acceptors (Lipinski definition) is 2. The molecule has 0 aliphatic heterocycles. The summed E-state index contributed by atoms with van der Waals surface area (Å²) < 4.78 is 24.2. The molecule has 3 aromatic rings. The van der Waals surface area contributed by atoms with Crippen LogP contribution < -0.4 is 9.47 Å². The van der Waals surface area contributed by atoms with Gasteiger partial charge in [0, 0.05) is 0 Å². The fraction of sp³-hybridized carbons (Fsp3) is 0.0526. The van der Waals surface area contributed by atoms with Crippen molar-refractivity contribution in [3.05, 3.63) is 90.2 Å². The molecular weight excluding hydrogens is 279 g/mol. The molecule has 0 saturated carbocycles. The molecule has 0 amide bonds. The van der Waals surface area contributed by atoms with Crippen molar-refractivity contribution in [1.82, 2.24) is 0 Å². The average molecular weight is 294 g/mol. The first kappa shape index (κ1) is 14.1. The van der Waals surface area contributed by atoms with Crippen LogP contribution in [0, 0.1) is 5.82 Å². The summed E-state index contributed by atoms with van der Waals surface area (Å²) in [5.74, 6) is 2.04. The standard InChI is InChI=1S/C19H15FO2/c20-16-8-6-15(7-9-16)14-21-17-10-12-19(13-11-17)22-18-4-2-1-3-5-18/h1-13H,14H2. The predicted octanol–water partition coefficient (Wildman–Crippen LogP) is 5.20. The summed E-state index contributed by atoms with van der Waals surface area (Å²) in [6, 6.07) is 23.3. The molecule has 0 fully saturated rings. The van der Waals surface area contributed by atoms with E-state index in [0.29, 0.717) is 6.61 Å². The van der Waals surface area contributed by atoms with E-state index in [2.05, 4.69) is 0 Å². The van der Waals surface area contributed by atoms with Crippen LogP contribution in [0.25, 0.3) is 0 Å². The zero-order valence-electron chi connectivity index (χ0n) is 11.9. The average Bonchev–Trinajstić information content (AvgIpc) is 2.57. The second-order valence-electron chi connectivity index (χ2n) is 4.80. The first-order valence-corrected chi connectivity index (χ1v) is 7.00. The highest BCUT2D eigenvalue weighted by atomic mass is 19.1. The van der Waals surface area contributed by atoms with E-state index in [9.17, 15) is 4.39 Å². The lowest BCUT2D eigenvalue weighted by atomic mass is 10.2. The third kappa shape index (κ3) is 3.85. The molecule has 0 unspecified atom stereocenters. The molecule has 0 aromatic heterocycles. The van der Waals surface area contributed by atoms with Crippen molar-refractivity contribution in [3.8, 4) is 17.2 Å². The van der Waals surface area contributed by atoms with Gasteiger partial charge >= 0.3 is 0 Å². The van der Waals surface area contributed by atoms with Gasteiger partial charge in [0.1, 0.15) is 29.7 Å². The van der Waals surface area contributed by atoms with Crippen molar-refractivity contribution in [1.29, 1.82) is 0 Å². The Bertz CT molecular complexity index is 707. The Labute approximate surface area is 128 Å². The summed E-state index contributed by atoms with van der Waals surface area (Å²) >= 11 is 0. The van der Waals surface area contributed by atoms with Gasteiger partial charge in [-0.3, -0.25) is 0 Å². The Balaban J connectivity index is 1.58. The number of rotatable bonds is 5. The summed E-state index contributed by atoms with van der Waals surface area (Å²) in [4.78, 5) is 0. The lowest BCUT2D eigenvalue weighted by Crippen LogP contribution is -1.95. The highest BCUT2D eigenvalue weighted by Gasteiger charge is 1.99. The van der Waals surface area contributed by atoms with E-state index in [0.717, 1.165) is 22.8 Å². The zero-order chi connectivity index (χ0) is 15.2. The number of hydrogen-bond donors (Lipinski definition) is 0. The van der Waals surface area contributed by atoms with Gasteiger partial charge in [-0.05, 0) is 54.1 Å². The SMILES string of the molecule is Fc1ccc(COc2ccc(Oc3ccccc3)cc2)cc1. The van der Waals surface area contributed by atoms with E-state index in [1.165, 1.54) is 12.1 Å². The van der Waals surface area contributed by atoms with Gasteiger partial charge in [-0.25, -0.2) is 4.39 Å². The van der Waals surface area contributed by atoms with Crippen LogP contribution in [-0.4, -0.2) is 0 Å². The Morgan fingerprint density at radius 3 is 1.91 bits per heavy atom. The van der Waals surface area contributed by atoms with Gasteiger partial charge in [-0.1, -0.05) is 30.3 Å².